The van der Waals surface area contributed by atoms with E-state index in [2.05, 4.69) is 15.9 Å². The van der Waals surface area contributed by atoms with E-state index in [9.17, 15) is 4.39 Å². The minimum Gasteiger partial charge on any atom is -0.326 e. The number of benzene rings is 2. The van der Waals surface area contributed by atoms with Gasteiger partial charge in [0.1, 0.15) is 5.82 Å². The summed E-state index contributed by atoms with van der Waals surface area (Å²) < 4.78 is 14.7. The van der Waals surface area contributed by atoms with Crippen molar-refractivity contribution in [1.29, 1.82) is 0 Å². The first kappa shape index (κ1) is 12.6. The summed E-state index contributed by atoms with van der Waals surface area (Å²) in [6.45, 7) is 0.361. The van der Waals surface area contributed by atoms with Gasteiger partial charge in [0.15, 0.2) is 0 Å². The van der Waals surface area contributed by atoms with Gasteiger partial charge in [0.05, 0.1) is 0 Å². The molecular weight excluding hydrogens is 301 g/mol. The van der Waals surface area contributed by atoms with E-state index < -0.39 is 0 Å². The van der Waals surface area contributed by atoms with Gasteiger partial charge in [-0.2, -0.15) is 0 Å². The summed E-state index contributed by atoms with van der Waals surface area (Å²) in [6, 6.07) is 12.9. The molecule has 0 aliphatic heterocycles. The molecule has 1 nitrogen and oxygen atoms in total. The molecule has 2 aromatic carbocycles. The van der Waals surface area contributed by atoms with E-state index in [0.29, 0.717) is 11.4 Å². The van der Waals surface area contributed by atoms with E-state index in [1.165, 1.54) is 17.8 Å². The van der Waals surface area contributed by atoms with Gasteiger partial charge in [-0.1, -0.05) is 33.8 Å². The lowest BCUT2D eigenvalue weighted by Gasteiger charge is -2.05. The van der Waals surface area contributed by atoms with Crippen LogP contribution in [-0.2, 0) is 6.54 Å². The zero-order valence-corrected chi connectivity index (χ0v) is 11.4. The van der Waals surface area contributed by atoms with Crippen LogP contribution in [0.3, 0.4) is 0 Å². The van der Waals surface area contributed by atoms with Crippen LogP contribution in [0, 0.1) is 5.82 Å². The Bertz CT molecular complexity index is 513. The molecule has 2 N–H and O–H groups in total. The maximum atomic E-state index is 13.7. The van der Waals surface area contributed by atoms with Gasteiger partial charge >= 0.3 is 0 Å². The van der Waals surface area contributed by atoms with Gasteiger partial charge in [-0.15, -0.1) is 0 Å². The second-order valence-corrected chi connectivity index (χ2v) is 5.56. The van der Waals surface area contributed by atoms with Gasteiger partial charge < -0.3 is 5.73 Å². The van der Waals surface area contributed by atoms with Crippen LogP contribution in [0.4, 0.5) is 4.39 Å². The summed E-state index contributed by atoms with van der Waals surface area (Å²) in [6.07, 6.45) is 0. The van der Waals surface area contributed by atoms with Gasteiger partial charge in [-0.05, 0) is 42.0 Å². The maximum Gasteiger partial charge on any atom is 0.137 e. The third-order valence-electron chi connectivity index (χ3n) is 2.27. The Morgan fingerprint density at radius 2 is 1.82 bits per heavy atom. The van der Waals surface area contributed by atoms with Crippen LogP contribution in [0.5, 0.6) is 0 Å². The highest BCUT2D eigenvalue weighted by Crippen LogP contribution is 2.30. The largest absolute Gasteiger partial charge is 0.326 e. The predicted molar refractivity (Wildman–Crippen MR) is 72.6 cm³/mol. The summed E-state index contributed by atoms with van der Waals surface area (Å²) in [4.78, 5) is 1.62. The first-order chi connectivity index (χ1) is 8.19. The van der Waals surface area contributed by atoms with Crippen molar-refractivity contribution in [2.24, 2.45) is 5.73 Å². The molecule has 4 heteroatoms. The summed E-state index contributed by atoms with van der Waals surface area (Å²) >= 11 is 4.77. The van der Waals surface area contributed by atoms with Crippen LogP contribution in [0.15, 0.2) is 56.7 Å². The summed E-state index contributed by atoms with van der Waals surface area (Å²) in [5.74, 6) is -0.221. The molecule has 0 amide bonds. The minimum atomic E-state index is -0.221. The Kier molecular flexibility index (Phi) is 4.20. The number of rotatable bonds is 3. The third kappa shape index (κ3) is 3.31. The van der Waals surface area contributed by atoms with Crippen molar-refractivity contribution in [2.45, 2.75) is 16.3 Å². The second kappa shape index (κ2) is 5.67. The monoisotopic (exact) mass is 311 g/mol. The molecule has 0 unspecified atom stereocenters. The fraction of sp³-hybridized carbons (Fsp3) is 0.0769. The number of hydrogen-bond donors (Lipinski definition) is 1. The molecule has 0 aliphatic rings. The van der Waals surface area contributed by atoms with Crippen molar-refractivity contribution < 1.29 is 4.39 Å². The quantitative estimate of drug-likeness (QED) is 0.919. The minimum absolute atomic E-state index is 0.221. The average molecular weight is 312 g/mol. The predicted octanol–water partition coefficient (Wildman–Crippen LogP) is 4.20. The molecule has 0 aliphatic carbocycles. The Hall–Kier alpha value is -0.840. The Labute approximate surface area is 112 Å². The van der Waals surface area contributed by atoms with Crippen molar-refractivity contribution >= 4 is 27.7 Å². The van der Waals surface area contributed by atoms with Crippen LogP contribution >= 0.6 is 27.7 Å². The molecule has 0 heterocycles. The molecule has 0 aromatic heterocycles. The molecule has 0 bridgehead atoms. The van der Waals surface area contributed by atoms with Gasteiger partial charge in [0, 0.05) is 20.8 Å². The van der Waals surface area contributed by atoms with Crippen molar-refractivity contribution in [3.8, 4) is 0 Å². The van der Waals surface area contributed by atoms with Gasteiger partial charge in [-0.3, -0.25) is 0 Å². The first-order valence-corrected chi connectivity index (χ1v) is 6.72. The molecule has 0 atom stereocenters. The molecule has 17 heavy (non-hydrogen) atoms. The standard InChI is InChI=1S/C13H11BrFNS/c14-10-2-4-11(5-3-10)17-13-6-1-9(8-16)7-12(13)15/h1-7H,8,16H2. The Morgan fingerprint density at radius 3 is 2.41 bits per heavy atom. The normalized spacial score (nSPS) is 10.5. The topological polar surface area (TPSA) is 26.0 Å². The lowest BCUT2D eigenvalue weighted by Crippen LogP contribution is -1.96. The molecule has 0 spiro atoms. The maximum absolute atomic E-state index is 13.7. The van der Waals surface area contributed by atoms with Crippen LogP contribution in [-0.4, -0.2) is 0 Å². The molecule has 88 valence electrons. The molecule has 0 fully saturated rings. The highest BCUT2D eigenvalue weighted by molar-refractivity contribution is 9.10. The Morgan fingerprint density at radius 1 is 1.12 bits per heavy atom. The van der Waals surface area contributed by atoms with E-state index >= 15 is 0 Å². The smallest absolute Gasteiger partial charge is 0.137 e. The first-order valence-electron chi connectivity index (χ1n) is 5.11. The van der Waals surface area contributed by atoms with Gasteiger partial charge in [0.25, 0.3) is 0 Å². The zero-order valence-electron chi connectivity index (χ0n) is 8.99. The van der Waals surface area contributed by atoms with Crippen LogP contribution in [0.25, 0.3) is 0 Å². The highest BCUT2D eigenvalue weighted by Gasteiger charge is 2.05. The summed E-state index contributed by atoms with van der Waals surface area (Å²) in [5.41, 5.74) is 6.27. The van der Waals surface area contributed by atoms with Crippen LogP contribution in [0.1, 0.15) is 5.56 Å². The summed E-state index contributed by atoms with van der Waals surface area (Å²) in [5, 5.41) is 0. The van der Waals surface area contributed by atoms with Crippen LogP contribution in [0.2, 0.25) is 0 Å². The molecule has 2 aromatic rings. The average Bonchev–Trinajstić information content (AvgIpc) is 2.34. The lowest BCUT2D eigenvalue weighted by atomic mass is 10.2. The third-order valence-corrected chi connectivity index (χ3v) is 3.86. The number of halogens is 2. The highest BCUT2D eigenvalue weighted by atomic mass is 79.9. The molecule has 0 saturated carbocycles. The van der Waals surface area contributed by atoms with Crippen molar-refractivity contribution in [3.05, 3.63) is 58.3 Å². The zero-order chi connectivity index (χ0) is 12.3. The molecule has 2 rings (SSSR count). The van der Waals surface area contributed by atoms with Crippen molar-refractivity contribution in [2.75, 3.05) is 0 Å². The van der Waals surface area contributed by atoms with Crippen molar-refractivity contribution in [1.82, 2.24) is 0 Å². The molecule has 0 saturated heterocycles. The van der Waals surface area contributed by atoms with Gasteiger partial charge in [0.2, 0.25) is 0 Å². The van der Waals surface area contributed by atoms with E-state index in [1.807, 2.05) is 30.3 Å². The number of hydrogen-bond acceptors (Lipinski definition) is 2. The van der Waals surface area contributed by atoms with E-state index in [1.54, 1.807) is 6.07 Å². The van der Waals surface area contributed by atoms with E-state index in [4.69, 9.17) is 5.73 Å². The number of nitrogens with two attached hydrogens (primary N) is 1. The van der Waals surface area contributed by atoms with E-state index in [-0.39, 0.29) is 5.82 Å². The second-order valence-electron chi connectivity index (χ2n) is 3.52. The lowest BCUT2D eigenvalue weighted by molar-refractivity contribution is 0.599. The van der Waals surface area contributed by atoms with Gasteiger partial charge in [-0.25, -0.2) is 4.39 Å². The van der Waals surface area contributed by atoms with E-state index in [0.717, 1.165) is 14.9 Å². The SMILES string of the molecule is NCc1ccc(Sc2ccc(Br)cc2)c(F)c1. The fourth-order valence-corrected chi connectivity index (χ4v) is 2.47. The summed E-state index contributed by atoms with van der Waals surface area (Å²) in [7, 11) is 0. The van der Waals surface area contributed by atoms with Crippen molar-refractivity contribution in [3.63, 3.8) is 0 Å². The fourth-order valence-electron chi connectivity index (χ4n) is 1.38. The Balaban J connectivity index is 2.21. The molecule has 0 radical (unpaired) electrons. The van der Waals surface area contributed by atoms with Crippen LogP contribution < -0.4 is 5.73 Å². The molecular formula is C13H11BrFNS.